The van der Waals surface area contributed by atoms with Gasteiger partial charge in [-0.2, -0.15) is 0 Å². The van der Waals surface area contributed by atoms with Gasteiger partial charge in [-0.1, -0.05) is 18.2 Å². The number of ether oxygens (including phenoxy) is 1. The highest BCUT2D eigenvalue weighted by molar-refractivity contribution is 6.06. The van der Waals surface area contributed by atoms with Gasteiger partial charge in [-0.3, -0.25) is 4.79 Å². The number of para-hydroxylation sites is 1. The topological polar surface area (TPSA) is 78.1 Å². The van der Waals surface area contributed by atoms with Gasteiger partial charge in [0.1, 0.15) is 5.75 Å². The molecule has 0 aliphatic rings. The van der Waals surface area contributed by atoms with E-state index in [4.69, 9.17) is 4.74 Å². The monoisotopic (exact) mass is 348 g/mol. The number of esters is 1. The van der Waals surface area contributed by atoms with Crippen LogP contribution in [0, 0.1) is 0 Å². The molecular weight excluding hydrogens is 328 g/mol. The molecule has 2 aromatic carbocycles. The highest BCUT2D eigenvalue weighted by atomic mass is 16.5. The first-order chi connectivity index (χ1) is 12.7. The number of H-pyrrole nitrogens is 2. The zero-order valence-electron chi connectivity index (χ0n) is 14.5. The number of phenolic OH excluding ortho intramolecular Hbond substituents is 1. The van der Waals surface area contributed by atoms with Crippen molar-refractivity contribution in [2.24, 2.45) is 0 Å². The van der Waals surface area contributed by atoms with Crippen molar-refractivity contribution in [3.63, 3.8) is 0 Å². The van der Waals surface area contributed by atoms with Crippen LogP contribution in [0.3, 0.4) is 0 Å². The van der Waals surface area contributed by atoms with Crippen LogP contribution >= 0.6 is 0 Å². The summed E-state index contributed by atoms with van der Waals surface area (Å²) in [5.41, 5.74) is 5.06. The Kier molecular flexibility index (Phi) is 4.13. The Labute approximate surface area is 150 Å². The van der Waals surface area contributed by atoms with Gasteiger partial charge in [0.25, 0.3) is 0 Å². The molecule has 0 aliphatic carbocycles. The number of aromatic nitrogens is 2. The van der Waals surface area contributed by atoms with E-state index in [1.54, 1.807) is 12.1 Å². The van der Waals surface area contributed by atoms with Gasteiger partial charge in [-0.25, -0.2) is 0 Å². The number of nitrogens with one attached hydrogen (secondary N) is 2. The third-order valence-electron chi connectivity index (χ3n) is 4.60. The van der Waals surface area contributed by atoms with Crippen molar-refractivity contribution in [3.05, 3.63) is 54.4 Å². The molecule has 132 valence electrons. The van der Waals surface area contributed by atoms with Gasteiger partial charge in [0, 0.05) is 50.9 Å². The summed E-state index contributed by atoms with van der Waals surface area (Å²) in [6, 6.07) is 13.4. The summed E-state index contributed by atoms with van der Waals surface area (Å²) >= 11 is 0. The van der Waals surface area contributed by atoms with Crippen molar-refractivity contribution in [1.82, 2.24) is 9.97 Å². The molecule has 26 heavy (non-hydrogen) atoms. The predicted octanol–water partition coefficient (Wildman–Crippen LogP) is 4.52. The maximum absolute atomic E-state index is 11.8. The zero-order valence-corrected chi connectivity index (χ0v) is 14.5. The van der Waals surface area contributed by atoms with Crippen LogP contribution in [0.15, 0.2) is 48.7 Å². The molecule has 5 heteroatoms. The van der Waals surface area contributed by atoms with Crippen LogP contribution in [-0.2, 0) is 16.0 Å². The lowest BCUT2D eigenvalue weighted by molar-refractivity contribution is -0.143. The molecule has 0 fully saturated rings. The summed E-state index contributed by atoms with van der Waals surface area (Å²) in [5.74, 6) is 0.0355. The lowest BCUT2D eigenvalue weighted by Crippen LogP contribution is -2.05. The van der Waals surface area contributed by atoms with Crippen molar-refractivity contribution in [2.45, 2.75) is 19.8 Å². The van der Waals surface area contributed by atoms with Crippen LogP contribution in [0.2, 0.25) is 0 Å². The van der Waals surface area contributed by atoms with E-state index in [2.05, 4.69) is 16.0 Å². The smallest absolute Gasteiger partial charge is 0.306 e. The Bertz CT molecular complexity index is 1090. The summed E-state index contributed by atoms with van der Waals surface area (Å²) < 4.78 is 5.06. The molecule has 0 spiro atoms. The largest absolute Gasteiger partial charge is 0.508 e. The number of hydrogen-bond acceptors (Lipinski definition) is 3. The molecule has 0 aliphatic heterocycles. The molecule has 0 saturated carbocycles. The lowest BCUT2D eigenvalue weighted by Gasteiger charge is -2.05. The van der Waals surface area contributed by atoms with Crippen molar-refractivity contribution >= 4 is 27.8 Å². The van der Waals surface area contributed by atoms with E-state index in [-0.39, 0.29) is 11.7 Å². The van der Waals surface area contributed by atoms with E-state index in [1.165, 1.54) is 0 Å². The number of aryl methyl sites for hydroxylation is 1. The normalized spacial score (nSPS) is 11.3. The average Bonchev–Trinajstić information content (AvgIpc) is 3.20. The number of carbonyl (C=O) groups is 1. The minimum Gasteiger partial charge on any atom is -0.508 e. The second kappa shape index (κ2) is 6.59. The van der Waals surface area contributed by atoms with E-state index in [9.17, 15) is 9.90 Å². The van der Waals surface area contributed by atoms with Gasteiger partial charge >= 0.3 is 5.97 Å². The molecule has 5 nitrogen and oxygen atoms in total. The molecule has 0 amide bonds. The van der Waals surface area contributed by atoms with Crippen molar-refractivity contribution < 1.29 is 14.6 Å². The fourth-order valence-electron chi connectivity index (χ4n) is 3.47. The minimum absolute atomic E-state index is 0.194. The number of phenols is 1. The van der Waals surface area contributed by atoms with Crippen LogP contribution < -0.4 is 0 Å². The summed E-state index contributed by atoms with van der Waals surface area (Å²) in [7, 11) is 0. The van der Waals surface area contributed by atoms with E-state index in [0.29, 0.717) is 19.4 Å². The van der Waals surface area contributed by atoms with E-state index < -0.39 is 0 Å². The standard InChI is InChI=1S/C21H20N2O3/c1-2-26-20(25)10-9-18-21(15-5-3-4-6-17(15)23-18)16-12-22-19-11-13(24)7-8-14(16)19/h3-8,11-12,22-24H,2,9-10H2,1H3. The van der Waals surface area contributed by atoms with Crippen LogP contribution in [0.4, 0.5) is 0 Å². The Morgan fingerprint density at radius 2 is 1.96 bits per heavy atom. The van der Waals surface area contributed by atoms with E-state index >= 15 is 0 Å². The molecule has 0 bridgehead atoms. The molecule has 0 unspecified atom stereocenters. The second-order valence-electron chi connectivity index (χ2n) is 6.26. The molecule has 0 saturated heterocycles. The van der Waals surface area contributed by atoms with Crippen molar-refractivity contribution in [1.29, 1.82) is 0 Å². The Balaban J connectivity index is 1.84. The van der Waals surface area contributed by atoms with Gasteiger partial charge in [-0.15, -0.1) is 0 Å². The Morgan fingerprint density at radius 1 is 1.12 bits per heavy atom. The van der Waals surface area contributed by atoms with Crippen LogP contribution in [0.5, 0.6) is 5.75 Å². The van der Waals surface area contributed by atoms with Gasteiger partial charge in [0.15, 0.2) is 0 Å². The molecule has 2 aromatic heterocycles. The molecule has 4 aromatic rings. The maximum Gasteiger partial charge on any atom is 0.306 e. The Morgan fingerprint density at radius 3 is 2.81 bits per heavy atom. The molecule has 2 heterocycles. The average molecular weight is 348 g/mol. The van der Waals surface area contributed by atoms with Crippen molar-refractivity contribution in [2.75, 3.05) is 6.61 Å². The number of hydrogen-bond donors (Lipinski definition) is 3. The van der Waals surface area contributed by atoms with Crippen LogP contribution in [0.1, 0.15) is 19.0 Å². The number of aromatic hydroxyl groups is 1. The van der Waals surface area contributed by atoms with Crippen molar-refractivity contribution in [3.8, 4) is 16.9 Å². The van der Waals surface area contributed by atoms with Gasteiger partial charge < -0.3 is 19.8 Å². The fraction of sp³-hybridized carbons (Fsp3) is 0.190. The predicted molar refractivity (Wildman–Crippen MR) is 102 cm³/mol. The number of aromatic amines is 2. The van der Waals surface area contributed by atoms with E-state index in [1.807, 2.05) is 37.4 Å². The quantitative estimate of drug-likeness (QED) is 0.464. The van der Waals surface area contributed by atoms with Crippen LogP contribution in [-0.4, -0.2) is 27.7 Å². The molecule has 0 atom stereocenters. The maximum atomic E-state index is 11.8. The minimum atomic E-state index is -0.194. The third-order valence-corrected chi connectivity index (χ3v) is 4.60. The van der Waals surface area contributed by atoms with Crippen LogP contribution in [0.25, 0.3) is 32.9 Å². The second-order valence-corrected chi connectivity index (χ2v) is 6.26. The summed E-state index contributed by atoms with van der Waals surface area (Å²) in [5, 5.41) is 11.9. The summed E-state index contributed by atoms with van der Waals surface area (Å²) in [6.45, 7) is 2.21. The first kappa shape index (κ1) is 16.3. The van der Waals surface area contributed by atoms with Gasteiger partial charge in [0.2, 0.25) is 0 Å². The summed E-state index contributed by atoms with van der Waals surface area (Å²) in [4.78, 5) is 18.5. The third kappa shape index (κ3) is 2.81. The van der Waals surface area contributed by atoms with E-state index in [0.717, 1.165) is 38.6 Å². The first-order valence-corrected chi connectivity index (χ1v) is 8.73. The lowest BCUT2D eigenvalue weighted by atomic mass is 9.99. The number of fused-ring (bicyclic) bond motifs is 2. The Hall–Kier alpha value is -3.21. The van der Waals surface area contributed by atoms with Gasteiger partial charge in [0.05, 0.1) is 13.0 Å². The van der Waals surface area contributed by atoms with Gasteiger partial charge in [-0.05, 0) is 31.5 Å². The zero-order chi connectivity index (χ0) is 18.1. The fourth-order valence-corrected chi connectivity index (χ4v) is 3.47. The highest BCUT2D eigenvalue weighted by Crippen LogP contribution is 2.38. The SMILES string of the molecule is CCOC(=O)CCc1[nH]c2ccccc2c1-c1c[nH]c2cc(O)ccc12. The highest BCUT2D eigenvalue weighted by Gasteiger charge is 2.17. The molecule has 0 radical (unpaired) electrons. The molecule has 4 rings (SSSR count). The molecular formula is C21H20N2O3. The number of rotatable bonds is 5. The number of carbonyl (C=O) groups excluding carboxylic acids is 1. The summed E-state index contributed by atoms with van der Waals surface area (Å²) in [6.07, 6.45) is 2.86. The molecule has 3 N–H and O–H groups in total. The first-order valence-electron chi connectivity index (χ1n) is 8.73. The number of benzene rings is 2.